The van der Waals surface area contributed by atoms with Gasteiger partial charge in [0.05, 0.1) is 5.92 Å². The quantitative estimate of drug-likeness (QED) is 0.714. The van der Waals surface area contributed by atoms with E-state index in [1.807, 2.05) is 0 Å². The number of nitrogens with one attached hydrogen (secondary N) is 1. The molecule has 1 aromatic rings. The summed E-state index contributed by atoms with van der Waals surface area (Å²) in [5.74, 6) is -1.36. The lowest BCUT2D eigenvalue weighted by atomic mass is 10.1. The van der Waals surface area contributed by atoms with Crippen LogP contribution < -0.4 is 5.32 Å². The van der Waals surface area contributed by atoms with Gasteiger partial charge in [0.25, 0.3) is 5.91 Å². The molecule has 6 nitrogen and oxygen atoms in total. The number of carboxylic acids is 1. The second kappa shape index (κ2) is 6.03. The molecule has 0 bridgehead atoms. The molecular formula is C11H17N3O3. The largest absolute Gasteiger partial charge is 0.481 e. The van der Waals surface area contributed by atoms with Crippen LogP contribution >= 0.6 is 0 Å². The Balaban J connectivity index is 2.26. The van der Waals surface area contributed by atoms with Crippen LogP contribution in [0.3, 0.4) is 0 Å². The number of aliphatic carboxylic acids is 1. The minimum Gasteiger partial charge on any atom is -0.481 e. The first-order valence-corrected chi connectivity index (χ1v) is 5.51. The van der Waals surface area contributed by atoms with Crippen molar-refractivity contribution < 1.29 is 14.7 Å². The molecule has 0 spiro atoms. The van der Waals surface area contributed by atoms with Crippen molar-refractivity contribution >= 4 is 11.9 Å². The number of carbonyl (C=O) groups excluding carboxylic acids is 1. The Hall–Kier alpha value is -1.85. The molecule has 1 unspecified atom stereocenters. The van der Waals surface area contributed by atoms with E-state index in [9.17, 15) is 9.59 Å². The Morgan fingerprint density at radius 1 is 1.59 bits per heavy atom. The van der Waals surface area contributed by atoms with E-state index in [0.29, 0.717) is 25.1 Å². The monoisotopic (exact) mass is 239 g/mol. The van der Waals surface area contributed by atoms with Crippen molar-refractivity contribution in [1.29, 1.82) is 0 Å². The third-order valence-electron chi connectivity index (χ3n) is 2.57. The lowest BCUT2D eigenvalue weighted by molar-refractivity contribution is -0.141. The molecule has 6 heteroatoms. The maximum absolute atomic E-state index is 11.6. The number of carboxylic acid groups (broad SMARTS) is 1. The molecule has 1 aromatic heterocycles. The van der Waals surface area contributed by atoms with Gasteiger partial charge in [-0.2, -0.15) is 5.10 Å². The molecule has 0 aliphatic heterocycles. The summed E-state index contributed by atoms with van der Waals surface area (Å²) in [7, 11) is 1.70. The molecule has 1 atom stereocenters. The molecular weight excluding hydrogens is 222 g/mol. The number of amides is 1. The third kappa shape index (κ3) is 3.90. The number of rotatable bonds is 6. The summed E-state index contributed by atoms with van der Waals surface area (Å²) in [6.45, 7) is 2.13. The average molecular weight is 239 g/mol. The second-order valence-electron chi connectivity index (χ2n) is 3.98. The van der Waals surface area contributed by atoms with Crippen molar-refractivity contribution in [3.05, 3.63) is 18.0 Å². The topological polar surface area (TPSA) is 84.2 Å². The summed E-state index contributed by atoms with van der Waals surface area (Å²) in [5.41, 5.74) is 0.497. The first-order chi connectivity index (χ1) is 8.02. The van der Waals surface area contributed by atoms with Crippen molar-refractivity contribution in [3.63, 3.8) is 0 Å². The van der Waals surface area contributed by atoms with E-state index in [-0.39, 0.29) is 11.8 Å². The van der Waals surface area contributed by atoms with Gasteiger partial charge in [0.1, 0.15) is 5.69 Å². The van der Waals surface area contributed by atoms with E-state index >= 15 is 0 Å². The number of nitrogens with zero attached hydrogens (tertiary/aromatic N) is 2. The van der Waals surface area contributed by atoms with E-state index in [1.165, 1.54) is 4.68 Å². The zero-order chi connectivity index (χ0) is 12.8. The SMILES string of the molecule is CC(CCCNC(=O)c1ccnn1C)C(=O)O. The Kier molecular flexibility index (Phi) is 4.68. The predicted octanol–water partition coefficient (Wildman–Crippen LogP) is 0.651. The minimum atomic E-state index is -0.803. The molecule has 0 radical (unpaired) electrons. The van der Waals surface area contributed by atoms with Gasteiger partial charge in [-0.1, -0.05) is 6.92 Å². The molecule has 0 fully saturated rings. The Morgan fingerprint density at radius 3 is 2.82 bits per heavy atom. The smallest absolute Gasteiger partial charge is 0.306 e. The van der Waals surface area contributed by atoms with Crippen LogP contribution in [0.15, 0.2) is 12.3 Å². The van der Waals surface area contributed by atoms with Gasteiger partial charge >= 0.3 is 5.97 Å². The van der Waals surface area contributed by atoms with E-state index in [2.05, 4.69) is 10.4 Å². The maximum Gasteiger partial charge on any atom is 0.306 e. The highest BCUT2D eigenvalue weighted by molar-refractivity contribution is 5.92. The lowest BCUT2D eigenvalue weighted by Gasteiger charge is -2.07. The van der Waals surface area contributed by atoms with Crippen LogP contribution in [0.4, 0.5) is 0 Å². The summed E-state index contributed by atoms with van der Waals surface area (Å²) >= 11 is 0. The van der Waals surface area contributed by atoms with Crippen molar-refractivity contribution in [2.24, 2.45) is 13.0 Å². The zero-order valence-corrected chi connectivity index (χ0v) is 10.0. The van der Waals surface area contributed by atoms with Crippen LogP contribution in [0.25, 0.3) is 0 Å². The molecule has 1 amide bonds. The van der Waals surface area contributed by atoms with Gasteiger partial charge in [-0.05, 0) is 18.9 Å². The van der Waals surface area contributed by atoms with Crippen LogP contribution in [0.1, 0.15) is 30.3 Å². The highest BCUT2D eigenvalue weighted by atomic mass is 16.4. The fourth-order valence-electron chi connectivity index (χ4n) is 1.42. The van der Waals surface area contributed by atoms with Gasteiger partial charge in [0.2, 0.25) is 0 Å². The third-order valence-corrected chi connectivity index (χ3v) is 2.57. The maximum atomic E-state index is 11.6. The Bertz CT molecular complexity index is 400. The van der Waals surface area contributed by atoms with Gasteiger partial charge in [-0.25, -0.2) is 0 Å². The number of hydrogen-bond acceptors (Lipinski definition) is 3. The molecule has 2 N–H and O–H groups in total. The van der Waals surface area contributed by atoms with Crippen LogP contribution in [0.5, 0.6) is 0 Å². The van der Waals surface area contributed by atoms with E-state index in [0.717, 1.165) is 0 Å². The summed E-state index contributed by atoms with van der Waals surface area (Å²) in [6, 6.07) is 1.63. The van der Waals surface area contributed by atoms with Crippen LogP contribution in [0.2, 0.25) is 0 Å². The van der Waals surface area contributed by atoms with Crippen LogP contribution in [0, 0.1) is 5.92 Å². The normalized spacial score (nSPS) is 12.1. The summed E-state index contributed by atoms with van der Waals surface area (Å²) < 4.78 is 1.50. The van der Waals surface area contributed by atoms with E-state index in [4.69, 9.17) is 5.11 Å². The van der Waals surface area contributed by atoms with Gasteiger partial charge in [0.15, 0.2) is 0 Å². The zero-order valence-electron chi connectivity index (χ0n) is 10.0. The van der Waals surface area contributed by atoms with Crippen molar-refractivity contribution in [2.75, 3.05) is 6.54 Å². The van der Waals surface area contributed by atoms with Gasteiger partial charge in [-0.3, -0.25) is 14.3 Å². The van der Waals surface area contributed by atoms with Crippen LogP contribution in [-0.4, -0.2) is 33.3 Å². The Labute approximate surface area is 99.6 Å². The molecule has 1 rings (SSSR count). The fourth-order valence-corrected chi connectivity index (χ4v) is 1.42. The van der Waals surface area contributed by atoms with E-state index < -0.39 is 5.97 Å². The number of hydrogen-bond donors (Lipinski definition) is 2. The first kappa shape index (κ1) is 13.2. The summed E-state index contributed by atoms with van der Waals surface area (Å²) in [4.78, 5) is 22.2. The van der Waals surface area contributed by atoms with Crippen LogP contribution in [-0.2, 0) is 11.8 Å². The van der Waals surface area contributed by atoms with Crippen molar-refractivity contribution in [2.45, 2.75) is 19.8 Å². The number of aryl methyl sites for hydroxylation is 1. The fraction of sp³-hybridized carbons (Fsp3) is 0.545. The number of carbonyl (C=O) groups is 2. The molecule has 0 aliphatic rings. The highest BCUT2D eigenvalue weighted by Crippen LogP contribution is 2.04. The average Bonchev–Trinajstić information content (AvgIpc) is 2.70. The van der Waals surface area contributed by atoms with E-state index in [1.54, 1.807) is 26.2 Å². The lowest BCUT2D eigenvalue weighted by Crippen LogP contribution is -2.27. The minimum absolute atomic E-state index is 0.187. The molecule has 17 heavy (non-hydrogen) atoms. The summed E-state index contributed by atoms with van der Waals surface area (Å²) in [6.07, 6.45) is 2.76. The molecule has 0 saturated heterocycles. The predicted molar refractivity (Wildman–Crippen MR) is 61.6 cm³/mol. The van der Waals surface area contributed by atoms with Gasteiger partial charge < -0.3 is 10.4 Å². The van der Waals surface area contributed by atoms with Gasteiger partial charge in [0, 0.05) is 19.8 Å². The molecule has 94 valence electrons. The standard InChI is InChI=1S/C11H17N3O3/c1-8(11(16)17)4-3-6-12-10(15)9-5-7-13-14(9)2/h5,7-8H,3-4,6H2,1-2H3,(H,12,15)(H,16,17). The molecule has 0 aliphatic carbocycles. The molecule has 0 aromatic carbocycles. The second-order valence-corrected chi connectivity index (χ2v) is 3.98. The van der Waals surface area contributed by atoms with Gasteiger partial charge in [-0.15, -0.1) is 0 Å². The molecule has 0 saturated carbocycles. The summed E-state index contributed by atoms with van der Waals surface area (Å²) in [5, 5.41) is 15.3. The molecule has 1 heterocycles. The Morgan fingerprint density at radius 2 is 2.29 bits per heavy atom. The van der Waals surface area contributed by atoms with Crippen molar-refractivity contribution in [1.82, 2.24) is 15.1 Å². The number of aromatic nitrogens is 2. The highest BCUT2D eigenvalue weighted by Gasteiger charge is 2.11. The first-order valence-electron chi connectivity index (χ1n) is 5.51. The van der Waals surface area contributed by atoms with Crippen molar-refractivity contribution in [3.8, 4) is 0 Å².